The standard InChI is InChI=1S/C66H59BN2OS/c1-63(2,3)40-25-28-42(29-26-40)69-51-36-48-47(65(7,8)31-32-66(48,9)10)34-45(51)56-57-43-23-17-18-24-54(43)71-62(57)58-44-33-41(64(4,5)6)27-30-50(44)68-52-35-46-53(37-49(52)67(69)59(56)60(58)68)70-61(39-21-15-12-16-22-39)55(46)38-19-13-11-14-20-38/h11-30,33-37H,31-32H2,1-10H3. The number of thiophene rings is 1. The molecule has 0 unspecified atom stereocenters. The van der Waals surface area contributed by atoms with Gasteiger partial charge in [0.1, 0.15) is 11.3 Å². The third kappa shape index (κ3) is 6.02. The minimum Gasteiger partial charge on any atom is -0.455 e. The van der Waals surface area contributed by atoms with E-state index in [9.17, 15) is 0 Å². The van der Waals surface area contributed by atoms with Gasteiger partial charge >= 0.3 is 6.85 Å². The third-order valence-electron chi connectivity index (χ3n) is 16.9. The average molecular weight is 939 g/mol. The number of rotatable bonds is 3. The average Bonchev–Trinajstić information content (AvgIpc) is 4.04. The lowest BCUT2D eigenvalue weighted by atomic mass is 9.43. The fourth-order valence-corrected chi connectivity index (χ4v) is 14.2. The van der Waals surface area contributed by atoms with Crippen LogP contribution < -0.4 is 15.7 Å². The molecule has 0 saturated carbocycles. The summed E-state index contributed by atoms with van der Waals surface area (Å²) < 4.78 is 12.7. The zero-order valence-electron chi connectivity index (χ0n) is 42.6. The first-order chi connectivity index (χ1) is 34.0. The summed E-state index contributed by atoms with van der Waals surface area (Å²) in [5.41, 5.74) is 21.5. The lowest BCUT2D eigenvalue weighted by Gasteiger charge is -2.46. The molecule has 0 fully saturated rings. The number of fused-ring (bicyclic) bond motifs is 15. The van der Waals surface area contributed by atoms with Gasteiger partial charge < -0.3 is 13.8 Å². The van der Waals surface area contributed by atoms with Crippen molar-refractivity contribution in [3.8, 4) is 39.3 Å². The van der Waals surface area contributed by atoms with Crippen molar-refractivity contribution in [3.05, 3.63) is 174 Å². The number of furan rings is 1. The molecule has 1 aliphatic carbocycles. The SMILES string of the molecule is CC(C)(C)c1ccc(N2B3c4cc5oc(-c6ccccc6)c(-c6ccccc6)c5cc4-n4c5ccc(C(C)(C)C)cc5c5c6sc7ccccc7c6c(c3c54)-c3cc4c(cc32)C(C)(C)CCC4(C)C)cc1. The normalized spacial score (nSPS) is 15.8. The van der Waals surface area contributed by atoms with Crippen LogP contribution in [0.1, 0.15) is 104 Å². The van der Waals surface area contributed by atoms with Gasteiger partial charge in [0, 0.05) is 70.1 Å². The molecule has 0 bridgehead atoms. The summed E-state index contributed by atoms with van der Waals surface area (Å²) in [7, 11) is 0. The van der Waals surface area contributed by atoms with E-state index in [1.165, 1.54) is 103 Å². The van der Waals surface area contributed by atoms with E-state index in [2.05, 4.69) is 230 Å². The number of nitrogens with zero attached hydrogens (tertiary/aromatic N) is 2. The Labute approximate surface area is 421 Å². The summed E-state index contributed by atoms with van der Waals surface area (Å²) in [4.78, 5) is 2.74. The number of hydrogen-bond acceptors (Lipinski definition) is 3. The first-order valence-electron chi connectivity index (χ1n) is 25.7. The number of hydrogen-bond donors (Lipinski definition) is 0. The maximum absolute atomic E-state index is 7.31. The van der Waals surface area contributed by atoms with E-state index in [4.69, 9.17) is 4.42 Å². The van der Waals surface area contributed by atoms with Gasteiger partial charge in [-0.15, -0.1) is 11.3 Å². The summed E-state index contributed by atoms with van der Waals surface area (Å²) >= 11 is 1.98. The first kappa shape index (κ1) is 43.0. The zero-order valence-corrected chi connectivity index (χ0v) is 43.5. The molecule has 5 heterocycles. The van der Waals surface area contributed by atoms with Crippen LogP contribution in [0.3, 0.4) is 0 Å². The van der Waals surface area contributed by atoms with E-state index < -0.39 is 0 Å². The minimum absolute atomic E-state index is 0.0134. The quantitative estimate of drug-likeness (QED) is 0.165. The van der Waals surface area contributed by atoms with Crippen molar-refractivity contribution in [2.75, 3.05) is 4.81 Å². The lowest BCUT2D eigenvalue weighted by Crippen LogP contribution is -2.60. The van der Waals surface area contributed by atoms with E-state index in [1.54, 1.807) is 0 Å². The molecule has 0 atom stereocenters. The Balaban J connectivity index is 1.22. The molecule has 0 radical (unpaired) electrons. The number of aromatic nitrogens is 1. The summed E-state index contributed by atoms with van der Waals surface area (Å²) in [6, 6.07) is 57.9. The van der Waals surface area contributed by atoms with Crippen molar-refractivity contribution >= 4 is 93.4 Å². The highest BCUT2D eigenvalue weighted by Gasteiger charge is 2.48. The van der Waals surface area contributed by atoms with E-state index in [1.807, 2.05) is 11.3 Å². The first-order valence-corrected chi connectivity index (χ1v) is 26.6. The molecule has 3 nitrogen and oxygen atoms in total. The van der Waals surface area contributed by atoms with Crippen molar-refractivity contribution in [3.63, 3.8) is 0 Å². The second-order valence-electron chi connectivity index (χ2n) is 24.3. The Kier molecular flexibility index (Phi) is 8.73. The van der Waals surface area contributed by atoms with Crippen molar-refractivity contribution in [1.82, 2.24) is 4.57 Å². The summed E-state index contributed by atoms with van der Waals surface area (Å²) in [5.74, 6) is 0.900. The maximum Gasteiger partial charge on any atom is 0.333 e. The van der Waals surface area contributed by atoms with Gasteiger partial charge in [0.2, 0.25) is 0 Å². The monoisotopic (exact) mass is 938 g/mol. The maximum atomic E-state index is 7.31. The van der Waals surface area contributed by atoms with Gasteiger partial charge in [0.05, 0.1) is 11.0 Å². The summed E-state index contributed by atoms with van der Waals surface area (Å²) in [6.45, 7) is 23.7. The molecule has 0 amide bonds. The molecule has 5 heteroatoms. The smallest absolute Gasteiger partial charge is 0.333 e. The van der Waals surface area contributed by atoms with E-state index in [0.717, 1.165) is 46.3 Å². The molecule has 3 aromatic heterocycles. The largest absolute Gasteiger partial charge is 0.455 e. The Hall–Kier alpha value is -6.82. The fraction of sp³-hybridized carbons (Fsp3) is 0.242. The molecule has 0 N–H and O–H groups in total. The highest BCUT2D eigenvalue weighted by atomic mass is 32.1. The molecule has 3 aliphatic rings. The zero-order chi connectivity index (χ0) is 48.7. The Morgan fingerprint density at radius 2 is 1.20 bits per heavy atom. The second kappa shape index (κ2) is 14.4. The molecule has 348 valence electrons. The molecule has 14 rings (SSSR count). The van der Waals surface area contributed by atoms with Gasteiger partial charge in [-0.05, 0) is 133 Å². The Morgan fingerprint density at radius 1 is 0.563 bits per heavy atom. The van der Waals surface area contributed by atoms with Crippen molar-refractivity contribution < 1.29 is 4.42 Å². The van der Waals surface area contributed by atoms with Gasteiger partial charge in [0.25, 0.3) is 0 Å². The van der Waals surface area contributed by atoms with Crippen molar-refractivity contribution in [2.24, 2.45) is 0 Å². The van der Waals surface area contributed by atoms with Crippen LogP contribution in [-0.4, -0.2) is 11.4 Å². The van der Waals surface area contributed by atoms with E-state index in [-0.39, 0.29) is 28.5 Å². The van der Waals surface area contributed by atoms with E-state index in [0.29, 0.717) is 0 Å². The predicted octanol–water partition coefficient (Wildman–Crippen LogP) is 17.4. The summed E-state index contributed by atoms with van der Waals surface area (Å²) in [5, 5.41) is 6.53. The Morgan fingerprint density at radius 3 is 1.89 bits per heavy atom. The van der Waals surface area contributed by atoms with Crippen LogP contribution >= 0.6 is 11.3 Å². The molecule has 71 heavy (non-hydrogen) atoms. The van der Waals surface area contributed by atoms with E-state index >= 15 is 0 Å². The number of benzene rings is 8. The highest BCUT2D eigenvalue weighted by Crippen LogP contribution is 2.57. The topological polar surface area (TPSA) is 21.3 Å². The molecular weight excluding hydrogens is 880 g/mol. The minimum atomic E-state index is -0.176. The van der Waals surface area contributed by atoms with Crippen LogP contribution in [0.15, 0.2) is 156 Å². The van der Waals surface area contributed by atoms with Crippen LogP contribution in [0, 0.1) is 0 Å². The van der Waals surface area contributed by atoms with Gasteiger partial charge in [-0.1, -0.05) is 166 Å². The predicted molar refractivity (Wildman–Crippen MR) is 306 cm³/mol. The van der Waals surface area contributed by atoms with Crippen LogP contribution in [0.25, 0.3) is 92.2 Å². The van der Waals surface area contributed by atoms with Crippen molar-refractivity contribution in [1.29, 1.82) is 0 Å². The Bertz CT molecular complexity index is 4060. The van der Waals surface area contributed by atoms with Gasteiger partial charge in [-0.2, -0.15) is 0 Å². The van der Waals surface area contributed by atoms with Crippen LogP contribution in [-0.2, 0) is 21.7 Å². The summed E-state index contributed by atoms with van der Waals surface area (Å²) in [6.07, 6.45) is 2.30. The van der Waals surface area contributed by atoms with Crippen molar-refractivity contribution in [2.45, 2.75) is 104 Å². The molecule has 0 saturated heterocycles. The fourth-order valence-electron chi connectivity index (χ4n) is 13.0. The molecule has 8 aromatic carbocycles. The second-order valence-corrected chi connectivity index (χ2v) is 25.4. The third-order valence-corrected chi connectivity index (χ3v) is 18.1. The van der Waals surface area contributed by atoms with Gasteiger partial charge in [0.15, 0.2) is 0 Å². The van der Waals surface area contributed by atoms with Crippen LogP contribution in [0.2, 0.25) is 0 Å². The molecule has 2 aliphatic heterocycles. The number of anilines is 2. The molecular formula is C66H59BN2OS. The molecule has 11 aromatic rings. The van der Waals surface area contributed by atoms with Gasteiger partial charge in [-0.3, -0.25) is 0 Å². The van der Waals surface area contributed by atoms with Crippen LogP contribution in [0.4, 0.5) is 11.4 Å². The molecule has 0 spiro atoms. The van der Waals surface area contributed by atoms with Crippen LogP contribution in [0.5, 0.6) is 0 Å². The highest BCUT2D eigenvalue weighted by molar-refractivity contribution is 7.27. The van der Waals surface area contributed by atoms with Gasteiger partial charge in [-0.25, -0.2) is 0 Å². The lowest BCUT2D eigenvalue weighted by molar-refractivity contribution is 0.332.